The number of fused-ring (bicyclic) bond motifs is 1. The molecule has 1 saturated carbocycles. The molecule has 1 saturated heterocycles. The lowest BCUT2D eigenvalue weighted by atomic mass is 9.77. The SMILES string of the molecule is CC1CCC2(CC1)NC(=O)N(CC(=O)N1c3ccccc3NC(=O)CC1C)C2=O. The van der Waals surface area contributed by atoms with E-state index in [1.807, 2.05) is 0 Å². The first kappa shape index (κ1) is 19.4. The third-order valence-electron chi connectivity index (χ3n) is 6.30. The molecule has 1 unspecified atom stereocenters. The zero-order chi connectivity index (χ0) is 20.8. The summed E-state index contributed by atoms with van der Waals surface area (Å²) in [4.78, 5) is 53.5. The predicted molar refractivity (Wildman–Crippen MR) is 107 cm³/mol. The monoisotopic (exact) mass is 398 g/mol. The highest BCUT2D eigenvalue weighted by Gasteiger charge is 2.52. The summed E-state index contributed by atoms with van der Waals surface area (Å²) in [5.41, 5.74) is 0.248. The lowest BCUT2D eigenvalue weighted by Gasteiger charge is -2.33. The third-order valence-corrected chi connectivity index (χ3v) is 6.30. The van der Waals surface area contributed by atoms with E-state index < -0.39 is 17.6 Å². The summed E-state index contributed by atoms with van der Waals surface area (Å²) < 4.78 is 0. The largest absolute Gasteiger partial charge is 0.325 e. The maximum Gasteiger partial charge on any atom is 0.325 e. The molecule has 8 nitrogen and oxygen atoms in total. The van der Waals surface area contributed by atoms with Crippen molar-refractivity contribution in [3.05, 3.63) is 24.3 Å². The van der Waals surface area contributed by atoms with Gasteiger partial charge in [0.15, 0.2) is 0 Å². The number of hydrogen-bond donors (Lipinski definition) is 2. The summed E-state index contributed by atoms with van der Waals surface area (Å²) in [5.74, 6) is -0.343. The Morgan fingerprint density at radius 1 is 1.14 bits per heavy atom. The van der Waals surface area contributed by atoms with Gasteiger partial charge in [-0.05, 0) is 50.7 Å². The number of anilines is 2. The van der Waals surface area contributed by atoms with Crippen LogP contribution in [0.25, 0.3) is 0 Å². The van der Waals surface area contributed by atoms with Crippen LogP contribution < -0.4 is 15.5 Å². The number of para-hydroxylation sites is 2. The maximum absolute atomic E-state index is 13.2. The number of hydrogen-bond acceptors (Lipinski definition) is 4. The fraction of sp³-hybridized carbons (Fsp3) is 0.524. The van der Waals surface area contributed by atoms with E-state index in [0.717, 1.165) is 17.7 Å². The van der Waals surface area contributed by atoms with E-state index in [4.69, 9.17) is 0 Å². The van der Waals surface area contributed by atoms with Crippen molar-refractivity contribution < 1.29 is 19.2 Å². The van der Waals surface area contributed by atoms with E-state index in [0.29, 0.717) is 30.1 Å². The van der Waals surface area contributed by atoms with Gasteiger partial charge in [0.2, 0.25) is 11.8 Å². The molecule has 2 N–H and O–H groups in total. The molecule has 0 bridgehead atoms. The number of benzene rings is 1. The Bertz CT molecular complexity index is 875. The number of urea groups is 1. The fourth-order valence-corrected chi connectivity index (χ4v) is 4.59. The molecule has 1 aromatic carbocycles. The van der Waals surface area contributed by atoms with Crippen LogP contribution in [0.1, 0.15) is 46.0 Å². The Labute approximate surface area is 169 Å². The number of amides is 5. The summed E-state index contributed by atoms with van der Waals surface area (Å²) in [6.07, 6.45) is 3.09. The second-order valence-electron chi connectivity index (χ2n) is 8.47. The second kappa shape index (κ2) is 7.17. The topological polar surface area (TPSA) is 98.8 Å². The van der Waals surface area contributed by atoms with Gasteiger partial charge in [0.1, 0.15) is 12.1 Å². The molecule has 2 heterocycles. The number of nitrogens with one attached hydrogen (secondary N) is 2. The van der Waals surface area contributed by atoms with E-state index in [-0.39, 0.29) is 30.7 Å². The molecule has 0 aromatic heterocycles. The molecule has 1 aromatic rings. The van der Waals surface area contributed by atoms with E-state index in [1.165, 1.54) is 4.90 Å². The summed E-state index contributed by atoms with van der Waals surface area (Å²) in [7, 11) is 0. The number of imide groups is 1. The van der Waals surface area contributed by atoms with Crippen LogP contribution in [-0.4, -0.2) is 46.8 Å². The molecule has 2 fully saturated rings. The molecule has 3 aliphatic rings. The highest BCUT2D eigenvalue weighted by Crippen LogP contribution is 2.37. The van der Waals surface area contributed by atoms with Gasteiger partial charge in [-0.3, -0.25) is 19.3 Å². The molecule has 2 aliphatic heterocycles. The zero-order valence-electron chi connectivity index (χ0n) is 16.7. The number of nitrogens with zero attached hydrogens (tertiary/aromatic N) is 2. The molecule has 5 amide bonds. The molecular weight excluding hydrogens is 372 g/mol. The second-order valence-corrected chi connectivity index (χ2v) is 8.47. The average Bonchev–Trinajstić information content (AvgIpc) is 2.81. The molecule has 154 valence electrons. The fourth-order valence-electron chi connectivity index (χ4n) is 4.59. The summed E-state index contributed by atoms with van der Waals surface area (Å²) in [6, 6.07) is 6.15. The Morgan fingerprint density at radius 3 is 2.55 bits per heavy atom. The first-order chi connectivity index (χ1) is 13.8. The van der Waals surface area contributed by atoms with Gasteiger partial charge >= 0.3 is 6.03 Å². The lowest BCUT2D eigenvalue weighted by molar-refractivity contribution is -0.135. The van der Waals surface area contributed by atoms with Crippen LogP contribution >= 0.6 is 0 Å². The van der Waals surface area contributed by atoms with Crippen LogP contribution in [0.3, 0.4) is 0 Å². The van der Waals surface area contributed by atoms with Gasteiger partial charge in [-0.25, -0.2) is 4.79 Å². The number of carbonyl (C=O) groups excluding carboxylic acids is 4. The van der Waals surface area contributed by atoms with Crippen LogP contribution in [0, 0.1) is 5.92 Å². The van der Waals surface area contributed by atoms with Gasteiger partial charge in [-0.1, -0.05) is 19.1 Å². The quantitative estimate of drug-likeness (QED) is 0.747. The van der Waals surface area contributed by atoms with Crippen molar-refractivity contribution in [1.29, 1.82) is 0 Å². The molecule has 1 aliphatic carbocycles. The summed E-state index contributed by atoms with van der Waals surface area (Å²) >= 11 is 0. The van der Waals surface area contributed by atoms with E-state index in [2.05, 4.69) is 17.6 Å². The van der Waals surface area contributed by atoms with Gasteiger partial charge in [-0.15, -0.1) is 0 Å². The van der Waals surface area contributed by atoms with Crippen LogP contribution in [0.15, 0.2) is 24.3 Å². The first-order valence-electron chi connectivity index (χ1n) is 10.2. The van der Waals surface area contributed by atoms with E-state index >= 15 is 0 Å². The Morgan fingerprint density at radius 2 is 1.83 bits per heavy atom. The normalized spacial score (nSPS) is 29.4. The lowest BCUT2D eigenvalue weighted by Crippen LogP contribution is -2.50. The Kier molecular flexibility index (Phi) is 4.80. The van der Waals surface area contributed by atoms with E-state index in [9.17, 15) is 19.2 Å². The first-order valence-corrected chi connectivity index (χ1v) is 10.2. The molecule has 1 atom stereocenters. The van der Waals surface area contributed by atoms with Gasteiger partial charge in [0.25, 0.3) is 5.91 Å². The molecule has 4 rings (SSSR count). The minimum atomic E-state index is -0.871. The van der Waals surface area contributed by atoms with Crippen molar-refractivity contribution in [2.75, 3.05) is 16.8 Å². The number of carbonyl (C=O) groups is 4. The highest BCUT2D eigenvalue weighted by molar-refractivity contribution is 6.11. The molecule has 8 heteroatoms. The zero-order valence-corrected chi connectivity index (χ0v) is 16.7. The summed E-state index contributed by atoms with van der Waals surface area (Å²) in [5, 5.41) is 5.65. The third kappa shape index (κ3) is 3.36. The Balaban J connectivity index is 1.57. The average molecular weight is 398 g/mol. The van der Waals surface area contributed by atoms with Gasteiger partial charge in [0.05, 0.1) is 11.4 Å². The predicted octanol–water partition coefficient (Wildman–Crippen LogP) is 2.25. The van der Waals surface area contributed by atoms with Crippen molar-refractivity contribution in [2.24, 2.45) is 5.92 Å². The molecule has 29 heavy (non-hydrogen) atoms. The van der Waals surface area contributed by atoms with Crippen molar-refractivity contribution in [3.63, 3.8) is 0 Å². The standard InChI is InChI=1S/C21H26N4O4/c1-13-7-9-21(10-8-13)19(28)24(20(29)23-21)12-18(27)25-14(2)11-17(26)22-15-5-3-4-6-16(15)25/h3-6,13-14H,7-12H2,1-2H3,(H,22,26)(H,23,29). The summed E-state index contributed by atoms with van der Waals surface area (Å²) in [6.45, 7) is 3.59. The molecule has 0 radical (unpaired) electrons. The van der Waals surface area contributed by atoms with Crippen molar-refractivity contribution in [3.8, 4) is 0 Å². The molecule has 1 spiro atoms. The van der Waals surface area contributed by atoms with Crippen LogP contribution in [0.5, 0.6) is 0 Å². The smallest absolute Gasteiger partial charge is 0.324 e. The molecular formula is C21H26N4O4. The highest BCUT2D eigenvalue weighted by atomic mass is 16.2. The van der Waals surface area contributed by atoms with Crippen molar-refractivity contribution >= 4 is 35.1 Å². The van der Waals surface area contributed by atoms with E-state index in [1.54, 1.807) is 31.2 Å². The van der Waals surface area contributed by atoms with Crippen molar-refractivity contribution in [1.82, 2.24) is 10.2 Å². The van der Waals surface area contributed by atoms with Crippen LogP contribution in [0.4, 0.5) is 16.2 Å². The van der Waals surface area contributed by atoms with Crippen LogP contribution in [0.2, 0.25) is 0 Å². The van der Waals surface area contributed by atoms with Gasteiger partial charge < -0.3 is 15.5 Å². The maximum atomic E-state index is 13.2. The minimum absolute atomic E-state index is 0.141. The minimum Gasteiger partial charge on any atom is -0.324 e. The van der Waals surface area contributed by atoms with Crippen molar-refractivity contribution in [2.45, 2.75) is 57.5 Å². The van der Waals surface area contributed by atoms with Crippen LogP contribution in [-0.2, 0) is 14.4 Å². The van der Waals surface area contributed by atoms with Gasteiger partial charge in [0, 0.05) is 12.5 Å². The number of rotatable bonds is 2. The van der Waals surface area contributed by atoms with Gasteiger partial charge in [-0.2, -0.15) is 0 Å². The Hall–Kier alpha value is -2.90.